The zero-order valence-corrected chi connectivity index (χ0v) is 10.6. The fourth-order valence-electron chi connectivity index (χ4n) is 1.64. The summed E-state index contributed by atoms with van der Waals surface area (Å²) in [6.45, 7) is 0.322. The molecule has 7 heteroatoms. The monoisotopic (exact) mass is 278 g/mol. The second-order valence-corrected chi connectivity index (χ2v) is 4.22. The topological polar surface area (TPSA) is 97.2 Å². The van der Waals surface area contributed by atoms with Crippen molar-refractivity contribution in [1.29, 1.82) is 0 Å². The quantitative estimate of drug-likeness (QED) is 0.841. The Bertz CT molecular complexity index is 515. The van der Waals surface area contributed by atoms with Gasteiger partial charge < -0.3 is 20.0 Å². The highest BCUT2D eigenvalue weighted by Gasteiger charge is 2.26. The van der Waals surface area contributed by atoms with Crippen LogP contribution in [0.5, 0.6) is 0 Å². The molecule has 1 amide bonds. The van der Waals surface area contributed by atoms with Gasteiger partial charge in [0.15, 0.2) is 11.8 Å². The number of carbonyl (C=O) groups excluding carboxylic acids is 1. The van der Waals surface area contributed by atoms with Gasteiger partial charge in [-0.15, -0.1) is 0 Å². The number of alkyl carbamates (subject to hydrolysis) is 1. The van der Waals surface area contributed by atoms with E-state index >= 15 is 0 Å². The van der Waals surface area contributed by atoms with Crippen LogP contribution in [0.4, 0.5) is 4.79 Å². The first-order valence-electron chi connectivity index (χ1n) is 6.05. The van der Waals surface area contributed by atoms with Gasteiger partial charge in [0.2, 0.25) is 0 Å². The zero-order chi connectivity index (χ0) is 14.4. The Labute approximate surface area is 115 Å². The van der Waals surface area contributed by atoms with Gasteiger partial charge >= 0.3 is 12.1 Å². The highest BCUT2D eigenvalue weighted by atomic mass is 16.6. The number of amides is 1. The Balaban J connectivity index is 1.65. The maximum atomic E-state index is 11.4. The van der Waals surface area contributed by atoms with Crippen LogP contribution in [0.15, 0.2) is 35.5 Å². The molecule has 106 valence electrons. The first-order valence-corrected chi connectivity index (χ1v) is 6.05. The minimum Gasteiger partial charge on any atom is -0.477 e. The van der Waals surface area contributed by atoms with Crippen molar-refractivity contribution in [1.82, 2.24) is 5.32 Å². The molecule has 0 bridgehead atoms. The Morgan fingerprint density at radius 3 is 2.80 bits per heavy atom. The largest absolute Gasteiger partial charge is 0.477 e. The van der Waals surface area contributed by atoms with Crippen molar-refractivity contribution in [2.45, 2.75) is 19.1 Å². The molecule has 1 aliphatic rings. The van der Waals surface area contributed by atoms with Gasteiger partial charge in [0, 0.05) is 6.42 Å². The lowest BCUT2D eigenvalue weighted by molar-refractivity contribution is -0.129. The molecule has 1 heterocycles. The molecule has 1 atom stereocenters. The Hall–Kier alpha value is -2.57. The van der Waals surface area contributed by atoms with Gasteiger partial charge in [0.1, 0.15) is 6.61 Å². The minimum atomic E-state index is -1.11. The molecule has 0 saturated heterocycles. The summed E-state index contributed by atoms with van der Waals surface area (Å²) in [6.07, 6.45) is -0.888. The van der Waals surface area contributed by atoms with E-state index < -0.39 is 18.2 Å². The molecule has 1 unspecified atom stereocenters. The smallest absolute Gasteiger partial charge is 0.407 e. The lowest BCUT2D eigenvalue weighted by Crippen LogP contribution is -2.33. The average molecular weight is 278 g/mol. The van der Waals surface area contributed by atoms with E-state index in [1.54, 1.807) is 0 Å². The number of carbonyl (C=O) groups is 2. The van der Waals surface area contributed by atoms with E-state index in [1.807, 2.05) is 30.3 Å². The molecular weight excluding hydrogens is 264 g/mol. The maximum Gasteiger partial charge on any atom is 0.407 e. The number of nitrogens with zero attached hydrogens (tertiary/aromatic N) is 1. The number of oxime groups is 1. The lowest BCUT2D eigenvalue weighted by Gasteiger charge is -2.10. The van der Waals surface area contributed by atoms with Crippen molar-refractivity contribution in [2.24, 2.45) is 5.16 Å². The van der Waals surface area contributed by atoms with E-state index in [4.69, 9.17) is 14.7 Å². The SMILES string of the molecule is O=C(NCC1CC(C(=O)O)=NO1)OCc1ccccc1. The fraction of sp³-hybridized carbons (Fsp3) is 0.308. The number of hydrogen-bond donors (Lipinski definition) is 2. The van der Waals surface area contributed by atoms with Crippen LogP contribution < -0.4 is 5.32 Å². The van der Waals surface area contributed by atoms with E-state index in [0.717, 1.165) is 5.56 Å². The van der Waals surface area contributed by atoms with Gasteiger partial charge in [0.25, 0.3) is 0 Å². The van der Waals surface area contributed by atoms with Crippen LogP contribution in [-0.2, 0) is 21.0 Å². The fourth-order valence-corrected chi connectivity index (χ4v) is 1.64. The Morgan fingerprint density at radius 2 is 2.15 bits per heavy atom. The number of hydrogen-bond acceptors (Lipinski definition) is 5. The van der Waals surface area contributed by atoms with Gasteiger partial charge in [-0.1, -0.05) is 35.5 Å². The number of rotatable bonds is 5. The highest BCUT2D eigenvalue weighted by molar-refractivity contribution is 6.35. The van der Waals surface area contributed by atoms with Crippen molar-refractivity contribution in [3.63, 3.8) is 0 Å². The zero-order valence-electron chi connectivity index (χ0n) is 10.6. The summed E-state index contributed by atoms with van der Waals surface area (Å²) >= 11 is 0. The normalized spacial score (nSPS) is 17.0. The van der Waals surface area contributed by atoms with Crippen molar-refractivity contribution in [3.8, 4) is 0 Å². The third kappa shape index (κ3) is 3.98. The number of carboxylic acid groups (broad SMARTS) is 1. The number of benzene rings is 1. The van der Waals surface area contributed by atoms with Crippen molar-refractivity contribution >= 4 is 17.8 Å². The molecule has 7 nitrogen and oxygen atoms in total. The molecule has 0 aromatic heterocycles. The molecule has 1 aromatic carbocycles. The predicted octanol–water partition coefficient (Wildman–Crippen LogP) is 1.14. The van der Waals surface area contributed by atoms with Gasteiger partial charge in [-0.2, -0.15) is 0 Å². The van der Waals surface area contributed by atoms with Gasteiger partial charge in [-0.25, -0.2) is 9.59 Å². The van der Waals surface area contributed by atoms with Crippen LogP contribution in [0.2, 0.25) is 0 Å². The summed E-state index contributed by atoms with van der Waals surface area (Å²) in [6, 6.07) is 9.28. The Kier molecular flexibility index (Phi) is 4.54. The van der Waals surface area contributed by atoms with Gasteiger partial charge in [-0.3, -0.25) is 0 Å². The van der Waals surface area contributed by atoms with E-state index in [1.165, 1.54) is 0 Å². The van der Waals surface area contributed by atoms with E-state index in [0.29, 0.717) is 0 Å². The number of carboxylic acids is 1. The minimum absolute atomic E-state index is 0.0468. The number of aliphatic carboxylic acids is 1. The highest BCUT2D eigenvalue weighted by Crippen LogP contribution is 2.09. The van der Waals surface area contributed by atoms with Crippen LogP contribution >= 0.6 is 0 Å². The molecule has 2 rings (SSSR count). The van der Waals surface area contributed by atoms with Crippen LogP contribution in [0.25, 0.3) is 0 Å². The summed E-state index contributed by atoms with van der Waals surface area (Å²) in [5.74, 6) is -1.11. The van der Waals surface area contributed by atoms with Gasteiger partial charge in [-0.05, 0) is 5.56 Å². The van der Waals surface area contributed by atoms with Crippen molar-refractivity contribution in [3.05, 3.63) is 35.9 Å². The summed E-state index contributed by atoms with van der Waals surface area (Å²) in [5, 5.41) is 14.6. The summed E-state index contributed by atoms with van der Waals surface area (Å²) < 4.78 is 5.00. The Morgan fingerprint density at radius 1 is 1.40 bits per heavy atom. The van der Waals surface area contributed by atoms with Crippen molar-refractivity contribution < 1.29 is 24.3 Å². The molecule has 0 saturated carbocycles. The summed E-state index contributed by atoms with van der Waals surface area (Å²) in [7, 11) is 0. The van der Waals surface area contributed by atoms with E-state index in [9.17, 15) is 9.59 Å². The first kappa shape index (κ1) is 13.9. The standard InChI is InChI=1S/C13H14N2O5/c16-12(17)11-6-10(20-15-11)7-14-13(18)19-8-9-4-2-1-3-5-9/h1-5,10H,6-8H2,(H,14,18)(H,16,17). The van der Waals surface area contributed by atoms with E-state index in [2.05, 4.69) is 10.5 Å². The summed E-state index contributed by atoms with van der Waals surface area (Å²) in [4.78, 5) is 26.9. The van der Waals surface area contributed by atoms with Crippen LogP contribution in [0.3, 0.4) is 0 Å². The molecule has 0 spiro atoms. The van der Waals surface area contributed by atoms with Gasteiger partial charge in [0.05, 0.1) is 6.54 Å². The first-order chi connectivity index (χ1) is 9.65. The number of nitrogens with one attached hydrogen (secondary N) is 1. The van der Waals surface area contributed by atoms with Crippen LogP contribution in [-0.4, -0.2) is 35.5 Å². The van der Waals surface area contributed by atoms with E-state index in [-0.39, 0.29) is 25.3 Å². The van der Waals surface area contributed by atoms with Crippen molar-refractivity contribution in [2.75, 3.05) is 6.54 Å². The molecule has 20 heavy (non-hydrogen) atoms. The molecule has 0 aliphatic carbocycles. The molecular formula is C13H14N2O5. The third-order valence-corrected chi connectivity index (χ3v) is 2.67. The van der Waals surface area contributed by atoms with Crippen LogP contribution in [0.1, 0.15) is 12.0 Å². The predicted molar refractivity (Wildman–Crippen MR) is 69.2 cm³/mol. The molecule has 2 N–H and O–H groups in total. The number of ether oxygens (including phenoxy) is 1. The maximum absolute atomic E-state index is 11.4. The summed E-state index contributed by atoms with van der Waals surface area (Å²) in [5.41, 5.74) is 0.839. The average Bonchev–Trinajstić information content (AvgIpc) is 2.93. The third-order valence-electron chi connectivity index (χ3n) is 2.67. The molecule has 1 aromatic rings. The molecule has 0 fully saturated rings. The lowest BCUT2D eigenvalue weighted by atomic mass is 10.2. The second kappa shape index (κ2) is 6.55. The molecule has 0 radical (unpaired) electrons. The second-order valence-electron chi connectivity index (χ2n) is 4.22. The van der Waals surface area contributed by atoms with Crippen LogP contribution in [0, 0.1) is 0 Å². The molecule has 1 aliphatic heterocycles.